The van der Waals surface area contributed by atoms with Crippen molar-refractivity contribution >= 4 is 15.9 Å². The summed E-state index contributed by atoms with van der Waals surface area (Å²) in [4.78, 5) is 2.35. The summed E-state index contributed by atoms with van der Waals surface area (Å²) in [6, 6.07) is 6.26. The first-order chi connectivity index (χ1) is 8.67. The summed E-state index contributed by atoms with van der Waals surface area (Å²) >= 11 is 3.51. The standard InChI is InChI=1S/C14H23BrN2O/c1-17(9-4-3-8-16)10-7-12-5-6-14(18-2)13(15)11-12/h5-6,11H,3-4,7-10,16H2,1-2H3. The first-order valence-corrected chi connectivity index (χ1v) is 7.17. The summed E-state index contributed by atoms with van der Waals surface area (Å²) in [7, 11) is 3.85. The lowest BCUT2D eigenvalue weighted by Gasteiger charge is -2.16. The summed E-state index contributed by atoms with van der Waals surface area (Å²) in [5, 5.41) is 0. The molecule has 0 radical (unpaired) electrons. The summed E-state index contributed by atoms with van der Waals surface area (Å²) in [6.45, 7) is 2.98. The van der Waals surface area contributed by atoms with Gasteiger partial charge in [-0.2, -0.15) is 0 Å². The first-order valence-electron chi connectivity index (χ1n) is 6.38. The summed E-state index contributed by atoms with van der Waals surface area (Å²) < 4.78 is 6.24. The second kappa shape index (κ2) is 8.51. The molecule has 0 atom stereocenters. The van der Waals surface area contributed by atoms with Crippen LogP contribution in [0.4, 0.5) is 0 Å². The molecule has 2 N–H and O–H groups in total. The molecule has 4 heteroatoms. The second-order valence-electron chi connectivity index (χ2n) is 4.52. The van der Waals surface area contributed by atoms with Gasteiger partial charge in [0, 0.05) is 6.54 Å². The molecule has 1 aromatic rings. The molecular formula is C14H23BrN2O. The normalized spacial score (nSPS) is 10.9. The topological polar surface area (TPSA) is 38.5 Å². The van der Waals surface area contributed by atoms with E-state index in [1.807, 2.05) is 6.07 Å². The highest BCUT2D eigenvalue weighted by Crippen LogP contribution is 2.25. The maximum absolute atomic E-state index is 5.49. The molecule has 1 rings (SSSR count). The fourth-order valence-corrected chi connectivity index (χ4v) is 2.41. The van der Waals surface area contributed by atoms with E-state index in [1.54, 1.807) is 7.11 Å². The molecule has 0 spiro atoms. The Kier molecular flexibility index (Phi) is 7.32. The van der Waals surface area contributed by atoms with Gasteiger partial charge in [0.1, 0.15) is 5.75 Å². The number of nitrogens with two attached hydrogens (primary N) is 1. The summed E-state index contributed by atoms with van der Waals surface area (Å²) in [5.74, 6) is 0.884. The molecule has 3 nitrogen and oxygen atoms in total. The minimum absolute atomic E-state index is 0.791. The molecule has 0 heterocycles. The minimum atomic E-state index is 0.791. The lowest BCUT2D eigenvalue weighted by Crippen LogP contribution is -2.23. The molecule has 0 aliphatic rings. The second-order valence-corrected chi connectivity index (χ2v) is 5.37. The van der Waals surface area contributed by atoms with Crippen molar-refractivity contribution in [3.8, 4) is 5.75 Å². The number of benzene rings is 1. The van der Waals surface area contributed by atoms with E-state index in [-0.39, 0.29) is 0 Å². The molecule has 1 aromatic carbocycles. The van der Waals surface area contributed by atoms with E-state index in [9.17, 15) is 0 Å². The monoisotopic (exact) mass is 314 g/mol. The smallest absolute Gasteiger partial charge is 0.133 e. The summed E-state index contributed by atoms with van der Waals surface area (Å²) in [5.41, 5.74) is 6.82. The van der Waals surface area contributed by atoms with Crippen molar-refractivity contribution in [3.05, 3.63) is 28.2 Å². The van der Waals surface area contributed by atoms with Crippen LogP contribution < -0.4 is 10.5 Å². The molecule has 0 aliphatic carbocycles. The predicted octanol–water partition coefficient (Wildman–Crippen LogP) is 2.67. The molecule has 0 aliphatic heterocycles. The van der Waals surface area contributed by atoms with Crippen molar-refractivity contribution in [1.82, 2.24) is 4.90 Å². The first kappa shape index (κ1) is 15.5. The molecule has 18 heavy (non-hydrogen) atoms. The Balaban J connectivity index is 2.36. The highest BCUT2D eigenvalue weighted by atomic mass is 79.9. The molecule has 0 unspecified atom stereocenters. The van der Waals surface area contributed by atoms with Gasteiger partial charge in [-0.05, 0) is 73.0 Å². The van der Waals surface area contributed by atoms with Gasteiger partial charge in [0.25, 0.3) is 0 Å². The average Bonchev–Trinajstić information content (AvgIpc) is 2.37. The van der Waals surface area contributed by atoms with Gasteiger partial charge in [-0.1, -0.05) is 6.07 Å². The average molecular weight is 315 g/mol. The van der Waals surface area contributed by atoms with Crippen molar-refractivity contribution in [1.29, 1.82) is 0 Å². The molecule has 0 amide bonds. The van der Waals surface area contributed by atoms with E-state index in [2.05, 4.69) is 40.0 Å². The van der Waals surface area contributed by atoms with Crippen LogP contribution in [0.2, 0.25) is 0 Å². The molecule has 0 saturated heterocycles. The molecule has 0 saturated carbocycles. The van der Waals surface area contributed by atoms with Gasteiger partial charge >= 0.3 is 0 Å². The van der Waals surface area contributed by atoms with Crippen LogP contribution in [0.1, 0.15) is 18.4 Å². The molecule has 102 valence electrons. The molecule has 0 bridgehead atoms. The van der Waals surface area contributed by atoms with Gasteiger partial charge in [-0.3, -0.25) is 0 Å². The molecule has 0 fully saturated rings. The Labute approximate surface area is 118 Å². The van der Waals surface area contributed by atoms with Crippen LogP contribution >= 0.6 is 15.9 Å². The van der Waals surface area contributed by atoms with Crippen LogP contribution in [0, 0.1) is 0 Å². The van der Waals surface area contributed by atoms with E-state index >= 15 is 0 Å². The van der Waals surface area contributed by atoms with Crippen molar-refractivity contribution in [2.45, 2.75) is 19.3 Å². The highest BCUT2D eigenvalue weighted by molar-refractivity contribution is 9.10. The van der Waals surface area contributed by atoms with Crippen LogP contribution in [0.3, 0.4) is 0 Å². The zero-order valence-corrected chi connectivity index (χ0v) is 12.9. The third-order valence-corrected chi connectivity index (χ3v) is 3.61. The maximum Gasteiger partial charge on any atom is 0.133 e. The number of halogens is 1. The number of rotatable bonds is 8. The van der Waals surface area contributed by atoms with Gasteiger partial charge in [0.2, 0.25) is 0 Å². The Morgan fingerprint density at radius 3 is 2.67 bits per heavy atom. The highest BCUT2D eigenvalue weighted by Gasteiger charge is 2.03. The Hall–Kier alpha value is -0.580. The quantitative estimate of drug-likeness (QED) is 0.750. The van der Waals surface area contributed by atoms with Crippen LogP contribution in [0.25, 0.3) is 0 Å². The molecular weight excluding hydrogens is 292 g/mol. The fraction of sp³-hybridized carbons (Fsp3) is 0.571. The number of likely N-dealkylation sites (N-methyl/N-ethyl adjacent to an activating group) is 1. The van der Waals surface area contributed by atoms with Crippen molar-refractivity contribution in [3.63, 3.8) is 0 Å². The van der Waals surface area contributed by atoms with E-state index < -0.39 is 0 Å². The van der Waals surface area contributed by atoms with Gasteiger partial charge in [0.15, 0.2) is 0 Å². The van der Waals surface area contributed by atoms with E-state index in [4.69, 9.17) is 10.5 Å². The number of methoxy groups -OCH3 is 1. The lowest BCUT2D eigenvalue weighted by molar-refractivity contribution is 0.330. The largest absolute Gasteiger partial charge is 0.496 e. The third-order valence-electron chi connectivity index (χ3n) is 2.99. The van der Waals surface area contributed by atoms with Crippen molar-refractivity contribution in [2.75, 3.05) is 33.8 Å². The number of ether oxygens (including phenoxy) is 1. The fourth-order valence-electron chi connectivity index (χ4n) is 1.82. The van der Waals surface area contributed by atoms with Crippen LogP contribution in [-0.4, -0.2) is 38.7 Å². The Bertz CT molecular complexity index is 358. The van der Waals surface area contributed by atoms with Crippen molar-refractivity contribution < 1.29 is 4.74 Å². The minimum Gasteiger partial charge on any atom is -0.496 e. The van der Waals surface area contributed by atoms with Gasteiger partial charge < -0.3 is 15.4 Å². The third kappa shape index (κ3) is 5.38. The van der Waals surface area contributed by atoms with E-state index in [1.165, 1.54) is 12.0 Å². The zero-order chi connectivity index (χ0) is 13.4. The maximum atomic E-state index is 5.49. The van der Waals surface area contributed by atoms with Gasteiger partial charge in [-0.15, -0.1) is 0 Å². The van der Waals surface area contributed by atoms with Gasteiger partial charge in [0.05, 0.1) is 11.6 Å². The predicted molar refractivity (Wildman–Crippen MR) is 80.2 cm³/mol. The van der Waals surface area contributed by atoms with E-state index in [0.29, 0.717) is 0 Å². The van der Waals surface area contributed by atoms with Crippen LogP contribution in [0.15, 0.2) is 22.7 Å². The zero-order valence-electron chi connectivity index (χ0n) is 11.3. The van der Waals surface area contributed by atoms with Gasteiger partial charge in [-0.25, -0.2) is 0 Å². The summed E-state index contributed by atoms with van der Waals surface area (Å²) in [6.07, 6.45) is 3.35. The number of unbranched alkanes of at least 4 members (excludes halogenated alkanes) is 1. The Morgan fingerprint density at radius 1 is 1.28 bits per heavy atom. The number of hydrogen-bond acceptors (Lipinski definition) is 3. The SMILES string of the molecule is COc1ccc(CCN(C)CCCCN)cc1Br. The number of nitrogens with zero attached hydrogens (tertiary/aromatic N) is 1. The molecule has 0 aromatic heterocycles. The Morgan fingerprint density at radius 2 is 2.06 bits per heavy atom. The number of hydrogen-bond donors (Lipinski definition) is 1. The lowest BCUT2D eigenvalue weighted by atomic mass is 10.1. The van der Waals surface area contributed by atoms with Crippen LogP contribution in [-0.2, 0) is 6.42 Å². The van der Waals surface area contributed by atoms with E-state index in [0.717, 1.165) is 42.7 Å². The van der Waals surface area contributed by atoms with Crippen molar-refractivity contribution in [2.24, 2.45) is 5.73 Å². The van der Waals surface area contributed by atoms with Crippen LogP contribution in [0.5, 0.6) is 5.75 Å².